The lowest BCUT2D eigenvalue weighted by Gasteiger charge is -2.45. The number of hydrogen-bond acceptors (Lipinski definition) is 7. The van der Waals surface area contributed by atoms with E-state index in [4.69, 9.17) is 10.5 Å². The molecule has 146 valence electrons. The molecule has 1 aromatic carbocycles. The Labute approximate surface area is 169 Å². The van der Waals surface area contributed by atoms with Gasteiger partial charge in [-0.1, -0.05) is 25.1 Å². The van der Waals surface area contributed by atoms with Gasteiger partial charge in [-0.3, -0.25) is 4.90 Å². The van der Waals surface area contributed by atoms with Gasteiger partial charge in [-0.2, -0.15) is 15.8 Å². The van der Waals surface area contributed by atoms with Crippen molar-refractivity contribution in [3.8, 4) is 18.2 Å². The number of likely N-dealkylation sites (N-methyl/N-ethyl adjacent to an activating group) is 1. The number of hydrogen-bond donors (Lipinski definition) is 1. The summed E-state index contributed by atoms with van der Waals surface area (Å²) in [6.07, 6.45) is 1.90. The third-order valence-electron chi connectivity index (χ3n) is 5.86. The first-order valence-corrected chi connectivity index (χ1v) is 9.31. The second-order valence-electron chi connectivity index (χ2n) is 7.12. The molecule has 1 aliphatic heterocycles. The lowest BCUT2D eigenvalue weighted by Crippen LogP contribution is -2.47. The van der Waals surface area contributed by atoms with Crippen molar-refractivity contribution in [2.75, 3.05) is 26.7 Å². The highest BCUT2D eigenvalue weighted by Crippen LogP contribution is 2.52. The van der Waals surface area contributed by atoms with Crippen LogP contribution >= 0.6 is 0 Å². The lowest BCUT2D eigenvalue weighted by atomic mass is 9.60. The standard InChI is InChI=1S/C22H21N5O2/c1-3-27-9-8-18-17(11-27)19(14-4-6-15(7-5-14)21(28)29-2)16(10-23)20(26)22(18,12-24)13-25/h4-8,17,19H,3,9,11,26H2,1-2H3/t17-,19+/m0/s1. The predicted molar refractivity (Wildman–Crippen MR) is 105 cm³/mol. The summed E-state index contributed by atoms with van der Waals surface area (Å²) in [5, 5.41) is 29.6. The number of allylic oxidation sites excluding steroid dienone is 2. The monoisotopic (exact) mass is 387 g/mol. The molecule has 0 aromatic heterocycles. The normalized spacial score (nSPS) is 23.1. The Bertz CT molecular complexity index is 1000. The number of nitrogens with zero attached hydrogens (tertiary/aromatic N) is 4. The van der Waals surface area contributed by atoms with Gasteiger partial charge in [-0.15, -0.1) is 0 Å². The largest absolute Gasteiger partial charge is 0.465 e. The molecule has 0 fully saturated rings. The van der Waals surface area contributed by atoms with Gasteiger partial charge in [0, 0.05) is 24.9 Å². The number of fused-ring (bicyclic) bond motifs is 1. The predicted octanol–water partition coefficient (Wildman–Crippen LogP) is 2.22. The molecule has 1 aromatic rings. The van der Waals surface area contributed by atoms with E-state index in [0.29, 0.717) is 24.2 Å². The second kappa shape index (κ2) is 7.80. The molecule has 2 atom stereocenters. The number of methoxy groups -OCH3 is 1. The number of ether oxygens (including phenoxy) is 1. The molecule has 29 heavy (non-hydrogen) atoms. The minimum absolute atomic E-state index is 0.000470. The first-order valence-electron chi connectivity index (χ1n) is 9.31. The molecule has 7 nitrogen and oxygen atoms in total. The molecule has 7 heteroatoms. The Hall–Kier alpha value is -3.60. The second-order valence-corrected chi connectivity index (χ2v) is 7.12. The van der Waals surface area contributed by atoms with Crippen molar-refractivity contribution in [2.45, 2.75) is 12.8 Å². The number of nitrogens with two attached hydrogens (primary N) is 1. The third-order valence-corrected chi connectivity index (χ3v) is 5.86. The smallest absolute Gasteiger partial charge is 0.337 e. The van der Waals surface area contributed by atoms with E-state index >= 15 is 0 Å². The van der Waals surface area contributed by atoms with Crippen molar-refractivity contribution >= 4 is 5.97 Å². The molecule has 0 radical (unpaired) electrons. The fourth-order valence-electron chi connectivity index (χ4n) is 4.28. The third kappa shape index (κ3) is 3.05. The van der Waals surface area contributed by atoms with E-state index in [1.54, 1.807) is 24.3 Å². The van der Waals surface area contributed by atoms with Gasteiger partial charge in [0.1, 0.15) is 0 Å². The van der Waals surface area contributed by atoms with Crippen LogP contribution in [0.2, 0.25) is 0 Å². The summed E-state index contributed by atoms with van der Waals surface area (Å²) in [6.45, 7) is 4.08. The van der Waals surface area contributed by atoms with Crippen LogP contribution in [0.4, 0.5) is 0 Å². The van der Waals surface area contributed by atoms with Gasteiger partial charge >= 0.3 is 5.97 Å². The van der Waals surface area contributed by atoms with Crippen LogP contribution < -0.4 is 5.73 Å². The summed E-state index contributed by atoms with van der Waals surface area (Å²) in [7, 11) is 1.32. The van der Waals surface area contributed by atoms with Crippen LogP contribution in [0.1, 0.15) is 28.8 Å². The molecule has 0 bridgehead atoms. The van der Waals surface area contributed by atoms with Crippen LogP contribution in [0.15, 0.2) is 47.2 Å². The molecular formula is C22H21N5O2. The molecule has 1 aliphatic carbocycles. The minimum atomic E-state index is -1.63. The number of carbonyl (C=O) groups excluding carboxylic acids is 1. The van der Waals surface area contributed by atoms with Crippen molar-refractivity contribution in [1.29, 1.82) is 15.8 Å². The van der Waals surface area contributed by atoms with Crippen LogP contribution in [0.3, 0.4) is 0 Å². The summed E-state index contributed by atoms with van der Waals surface area (Å²) in [6, 6.07) is 13.1. The Morgan fingerprint density at radius 2 is 1.93 bits per heavy atom. The first-order chi connectivity index (χ1) is 14.0. The SMILES string of the molecule is CCN1CC=C2[C@H](C1)[C@H](c1ccc(C(=O)OC)cc1)C(C#N)=C(N)C2(C#N)C#N. The van der Waals surface area contributed by atoms with E-state index in [0.717, 1.165) is 12.1 Å². The summed E-state index contributed by atoms with van der Waals surface area (Å²) in [5.74, 6) is -1.09. The zero-order chi connectivity index (χ0) is 21.2. The number of carbonyl (C=O) groups is 1. The molecule has 2 aliphatic rings. The van der Waals surface area contributed by atoms with E-state index in [-0.39, 0.29) is 17.2 Å². The van der Waals surface area contributed by atoms with Crippen molar-refractivity contribution in [2.24, 2.45) is 17.1 Å². The highest BCUT2D eigenvalue weighted by Gasteiger charge is 2.52. The highest BCUT2D eigenvalue weighted by atomic mass is 16.5. The average molecular weight is 387 g/mol. The molecule has 0 spiro atoms. The molecule has 1 heterocycles. The fraction of sp³-hybridized carbons (Fsp3) is 0.364. The summed E-state index contributed by atoms with van der Waals surface area (Å²) in [4.78, 5) is 13.9. The van der Waals surface area contributed by atoms with Gasteiger partial charge in [0.15, 0.2) is 0 Å². The van der Waals surface area contributed by atoms with E-state index in [2.05, 4.69) is 23.1 Å². The Morgan fingerprint density at radius 1 is 1.28 bits per heavy atom. The zero-order valence-corrected chi connectivity index (χ0v) is 16.3. The van der Waals surface area contributed by atoms with Crippen LogP contribution in [-0.2, 0) is 4.74 Å². The Kier molecular flexibility index (Phi) is 5.41. The number of nitriles is 3. The minimum Gasteiger partial charge on any atom is -0.465 e. The molecule has 0 amide bonds. The molecule has 0 unspecified atom stereocenters. The van der Waals surface area contributed by atoms with Crippen molar-refractivity contribution < 1.29 is 9.53 Å². The fourth-order valence-corrected chi connectivity index (χ4v) is 4.28. The molecule has 0 saturated carbocycles. The van der Waals surface area contributed by atoms with Crippen LogP contribution in [0.5, 0.6) is 0 Å². The molecule has 2 N–H and O–H groups in total. The van der Waals surface area contributed by atoms with Crippen molar-refractivity contribution in [3.05, 3.63) is 58.3 Å². The highest BCUT2D eigenvalue weighted by molar-refractivity contribution is 5.89. The Balaban J connectivity index is 2.21. The van der Waals surface area contributed by atoms with Gasteiger partial charge < -0.3 is 10.5 Å². The van der Waals surface area contributed by atoms with Crippen LogP contribution in [0, 0.1) is 45.3 Å². The summed E-state index contributed by atoms with van der Waals surface area (Å²) in [5.41, 5.74) is 6.75. The maximum absolute atomic E-state index is 11.8. The van der Waals surface area contributed by atoms with Crippen LogP contribution in [0.25, 0.3) is 0 Å². The average Bonchev–Trinajstić information content (AvgIpc) is 2.78. The van der Waals surface area contributed by atoms with Crippen molar-refractivity contribution in [3.63, 3.8) is 0 Å². The van der Waals surface area contributed by atoms with Gasteiger partial charge in [0.05, 0.1) is 42.2 Å². The van der Waals surface area contributed by atoms with E-state index in [9.17, 15) is 20.6 Å². The number of benzene rings is 1. The lowest BCUT2D eigenvalue weighted by molar-refractivity contribution is 0.0600. The molecule has 0 saturated heterocycles. The van der Waals surface area contributed by atoms with Gasteiger partial charge in [0.25, 0.3) is 0 Å². The van der Waals surface area contributed by atoms with E-state index in [1.807, 2.05) is 13.0 Å². The zero-order valence-electron chi connectivity index (χ0n) is 16.3. The maximum Gasteiger partial charge on any atom is 0.337 e. The summed E-state index contributed by atoms with van der Waals surface area (Å²) < 4.78 is 4.74. The number of rotatable bonds is 3. The maximum atomic E-state index is 11.8. The van der Waals surface area contributed by atoms with Crippen molar-refractivity contribution in [1.82, 2.24) is 4.90 Å². The van der Waals surface area contributed by atoms with Gasteiger partial charge in [0.2, 0.25) is 5.41 Å². The van der Waals surface area contributed by atoms with Gasteiger partial charge in [-0.05, 0) is 29.8 Å². The quantitative estimate of drug-likeness (QED) is 0.622. The summed E-state index contributed by atoms with van der Waals surface area (Å²) >= 11 is 0. The first kappa shape index (κ1) is 20.1. The molecular weight excluding hydrogens is 366 g/mol. The Morgan fingerprint density at radius 3 is 2.45 bits per heavy atom. The van der Waals surface area contributed by atoms with Gasteiger partial charge in [-0.25, -0.2) is 4.79 Å². The molecule has 3 rings (SSSR count). The van der Waals surface area contributed by atoms with Crippen LogP contribution in [-0.4, -0.2) is 37.6 Å². The van der Waals surface area contributed by atoms with E-state index < -0.39 is 17.3 Å². The topological polar surface area (TPSA) is 127 Å². The number of esters is 1. The van der Waals surface area contributed by atoms with E-state index in [1.165, 1.54) is 7.11 Å².